The maximum Gasteiger partial charge on any atom is 2.00 e. The van der Waals surface area contributed by atoms with Gasteiger partial charge in [-0.2, -0.15) is 0 Å². The van der Waals surface area contributed by atoms with Crippen molar-refractivity contribution in [3.63, 3.8) is 0 Å². The van der Waals surface area contributed by atoms with Gasteiger partial charge in [-0.05, 0) is 0 Å². The van der Waals surface area contributed by atoms with Gasteiger partial charge in [0.2, 0.25) is 0 Å². The molecule has 37 radical (unpaired) electrons. The predicted octanol–water partition coefficient (Wildman–Crippen LogP) is 8.54. The summed E-state index contributed by atoms with van der Waals surface area (Å²) in [7, 11) is 0. The average Bonchev–Trinajstić information content (AvgIpc) is 3.91. The number of fused-ring (bicyclic) bond motifs is 20. The molecule has 0 N–H and O–H groups in total. The minimum Gasteiger partial charge on any atom is -0.476 e. The van der Waals surface area contributed by atoms with Crippen molar-refractivity contribution in [1.29, 1.82) is 0 Å². The Labute approximate surface area is 1430 Å². The van der Waals surface area contributed by atoms with Gasteiger partial charge in [0.15, 0.2) is 0 Å². The van der Waals surface area contributed by atoms with Gasteiger partial charge in [-0.1, -0.05) is 78.7 Å². The van der Waals surface area contributed by atoms with Crippen molar-refractivity contribution in [3.05, 3.63) is 97.1 Å². The van der Waals surface area contributed by atoms with Crippen LogP contribution in [0.4, 0.5) is 0 Å². The van der Waals surface area contributed by atoms with E-state index in [2.05, 4.69) is 48.5 Å². The fourth-order valence-corrected chi connectivity index (χ4v) is 4.89. The van der Waals surface area contributed by atoms with Crippen LogP contribution in [0.3, 0.4) is 0 Å². The third kappa shape index (κ3) is 79.2. The van der Waals surface area contributed by atoms with Gasteiger partial charge in [-0.25, -0.2) is 141 Å². The smallest absolute Gasteiger partial charge is 0.476 e. The van der Waals surface area contributed by atoms with E-state index in [4.69, 9.17) is 39.9 Å². The molecule has 45 heteroatoms. The first-order valence-corrected chi connectivity index (χ1v) is 16.2. The third-order valence-corrected chi connectivity index (χ3v) is 6.64. The van der Waals surface area contributed by atoms with Gasteiger partial charge in [0, 0.05) is 1180 Å². The summed E-state index contributed by atoms with van der Waals surface area (Å²) in [5, 5.41) is 2.65. The quantitative estimate of drug-likeness (QED) is 0.110. The molecule has 9 rings (SSSR count). The Morgan fingerprint density at radius 2 is 0.318 bits per heavy atom. The van der Waals surface area contributed by atoms with Crippen LogP contribution < -0.4 is 9.97 Å². The summed E-state index contributed by atoms with van der Waals surface area (Å²) in [6.07, 6.45) is 0. The van der Waals surface area contributed by atoms with Gasteiger partial charge in [-0.15, -0.1) is 22.6 Å². The van der Waals surface area contributed by atoms with E-state index >= 15 is 0 Å². The predicted molar refractivity (Wildman–Crippen MR) is 190 cm³/mol. The third-order valence-electron chi connectivity index (χ3n) is 6.64. The van der Waals surface area contributed by atoms with Gasteiger partial charge >= 0.3 is 17.1 Å². The zero-order valence-corrected chi connectivity index (χ0v) is 152. The molecular weight excluding hydrogens is 3860 g/mol. The molecule has 0 unspecified atom stereocenters. The Hall–Kier alpha value is 34.5. The Balaban J connectivity index is -0.0000000187. The van der Waals surface area contributed by atoms with Crippen molar-refractivity contribution >= 4 is 44.1 Å². The summed E-state index contributed by atoms with van der Waals surface area (Å²) in [6, 6.07) is 39.9. The molecule has 85 heavy (non-hydrogen) atoms. The van der Waals surface area contributed by atoms with E-state index in [0.29, 0.717) is 89.7 Å². The van der Waals surface area contributed by atoms with Crippen LogP contribution in [0.5, 0.6) is 0 Å². The van der Waals surface area contributed by atoms with Gasteiger partial charge in [0.05, 0.1) is 0 Å². The SMILES string of the molecule is CC.CC.CC.CC.[Cu+2].[Y].[Y].[Y].[Y].[Y].[Y].[Y].[Y].[Y].[Y].[Y].[Y].[Y].[Y].[Y].[Y].[Y].[Y].[Y].[Y].[Y].[Y].[Y].[Y].[Y].[Y].[Y].[Y].[Y].[Y].[Y].[Y].[Y].[Y].[Y].[Y].[c-]1cc[c-]c2c1-c1nc-2nc2[n-]c(nc3nc(nc4[n-]c(n1)c1[c-]cc[c-]c41)-c1[c-]cc[c-]c1-3)c1[c-]cc[c-]c21. The molecule has 359 valence electrons. The van der Waals surface area contributed by atoms with Crippen LogP contribution in [0.2, 0.25) is 0 Å². The van der Waals surface area contributed by atoms with E-state index in [0.717, 1.165) is 0 Å². The maximum atomic E-state index is 4.82. The molecule has 0 spiro atoms. The fraction of sp³-hybridized carbons (Fsp3) is 0.200. The van der Waals surface area contributed by atoms with Crippen molar-refractivity contribution in [2.75, 3.05) is 0 Å². The molecule has 0 fully saturated rings. The van der Waals surface area contributed by atoms with Crippen LogP contribution in [-0.2, 0) is 1190 Å². The number of hydrogen-bond donors (Lipinski definition) is 0. The monoisotopic (exact) mass is 3890 g/mol. The normalized spacial score (nSPS) is 5.93. The van der Waals surface area contributed by atoms with Crippen LogP contribution in [0.1, 0.15) is 55.4 Å². The van der Waals surface area contributed by atoms with Crippen LogP contribution in [-0.4, -0.2) is 29.9 Å². The van der Waals surface area contributed by atoms with Gasteiger partial charge in [0.1, 0.15) is 0 Å². The molecule has 8 bridgehead atoms. The Bertz CT molecular complexity index is 2120. The summed E-state index contributed by atoms with van der Waals surface area (Å²) in [4.78, 5) is 38.3. The fourth-order valence-electron chi connectivity index (χ4n) is 4.89. The summed E-state index contributed by atoms with van der Waals surface area (Å²) in [5.74, 6) is 1.61. The van der Waals surface area contributed by atoms with Crippen molar-refractivity contribution in [2.45, 2.75) is 55.4 Å². The second-order valence-corrected chi connectivity index (χ2v) is 8.97. The van der Waals surface area contributed by atoms with Crippen LogP contribution in [0, 0.1) is 48.5 Å². The summed E-state index contributed by atoms with van der Waals surface area (Å²) in [5.41, 5.74) is 4.25. The number of aromatic nitrogens is 8. The van der Waals surface area contributed by atoms with Crippen molar-refractivity contribution in [1.82, 2.24) is 39.9 Å². The maximum absolute atomic E-state index is 4.82. The number of nitrogens with zero attached hydrogens (tertiary/aromatic N) is 8. The van der Waals surface area contributed by atoms with Crippen molar-refractivity contribution < 1.29 is 1190 Å². The molecule has 3 aromatic heterocycles. The van der Waals surface area contributed by atoms with E-state index in [9.17, 15) is 0 Å². The van der Waals surface area contributed by atoms with Gasteiger partial charge in [-0.3, -0.25) is 0 Å². The zero-order chi connectivity index (χ0) is 34.2. The Morgan fingerprint density at radius 1 is 0.200 bits per heavy atom. The minimum atomic E-state index is 0. The number of rotatable bonds is 0. The molecule has 0 atom stereocenters. The number of benzene rings is 4. The second-order valence-electron chi connectivity index (χ2n) is 8.97. The molecule has 5 heterocycles. The zero-order valence-electron chi connectivity index (χ0n) is 49.3. The molecule has 0 saturated carbocycles. The van der Waals surface area contributed by atoms with Crippen molar-refractivity contribution in [3.8, 4) is 45.6 Å². The topological polar surface area (TPSA) is 106 Å². The molecule has 4 aromatic carbocycles. The van der Waals surface area contributed by atoms with Gasteiger partial charge < -0.3 is 39.9 Å². The summed E-state index contributed by atoms with van der Waals surface area (Å²) >= 11 is 0. The van der Waals surface area contributed by atoms with Crippen LogP contribution in [0.25, 0.3) is 89.7 Å². The molecule has 2 aliphatic rings. The second kappa shape index (κ2) is 144. The van der Waals surface area contributed by atoms with E-state index in [1.165, 1.54) is 0 Å². The molecular formula is C40H32CuN8Y36-8. The van der Waals surface area contributed by atoms with Crippen molar-refractivity contribution in [2.24, 2.45) is 0 Å². The Morgan fingerprint density at radius 3 is 0.447 bits per heavy atom. The van der Waals surface area contributed by atoms with E-state index in [1.807, 2.05) is 55.4 Å². The first kappa shape index (κ1) is 224. The molecule has 0 amide bonds. The first-order valence-electron chi connectivity index (χ1n) is 16.2. The summed E-state index contributed by atoms with van der Waals surface area (Å²) in [6.45, 7) is 16.0. The van der Waals surface area contributed by atoms with Gasteiger partial charge in [0.25, 0.3) is 0 Å². The average molecular weight is 3890 g/mol. The molecule has 0 aliphatic carbocycles. The molecule has 8 nitrogen and oxygen atoms in total. The first-order chi connectivity index (χ1) is 23.8. The van der Waals surface area contributed by atoms with Crippen LogP contribution >= 0.6 is 0 Å². The molecule has 0 saturated heterocycles. The van der Waals surface area contributed by atoms with Crippen LogP contribution in [0.15, 0.2) is 48.5 Å². The van der Waals surface area contributed by atoms with E-state index in [-0.39, 0.29) is 1190 Å². The minimum absolute atomic E-state index is 0. The van der Waals surface area contributed by atoms with E-state index < -0.39 is 0 Å². The standard InChI is InChI=1S/C32H8N8.4C2H6.Cu.36Y/c1-2-10-18-17(9-1)25-33-26(18)38-28-21-13-5-6-14-22(21)30(35-28)40-32-24-16-8-7-15-23(24)31(36-32)39-29-20-12-4-3-11-19(20)27(34-29)37-25;4*1-2;;;;;;;;;;;;;;;;;;;;;;;;;;;;;;;;;;;;;/h1-8H;4*1-2H3;;;;;;;;;;;;;;;;;;;;;;;;;;;;;;;;;;;;;/q-10;;;;;+2;;;;;;;;;;;;;;;;;;;;;;;;;;;;;;;;;;;;. The molecule has 7 aromatic rings. The van der Waals surface area contributed by atoms with E-state index in [1.54, 1.807) is 48.5 Å². The Kier molecular flexibility index (Phi) is 381. The largest absolute Gasteiger partial charge is 2.00 e. The molecule has 2 aliphatic heterocycles. The number of hydrogen-bond acceptors (Lipinski definition) is 6. The summed E-state index contributed by atoms with van der Waals surface area (Å²) < 4.78 is 0.